The maximum atomic E-state index is 12.8. The summed E-state index contributed by atoms with van der Waals surface area (Å²) in [7, 11) is -3.97. The molecule has 0 unspecified atom stereocenters. The van der Waals surface area contributed by atoms with Crippen molar-refractivity contribution in [1.82, 2.24) is 5.32 Å². The topological polar surface area (TPSA) is 84.5 Å². The van der Waals surface area contributed by atoms with Gasteiger partial charge in [0.2, 0.25) is 0 Å². The minimum Gasteiger partial charge on any atom is -0.492 e. The molecule has 1 amide bonds. The van der Waals surface area contributed by atoms with Crippen LogP contribution in [0.15, 0.2) is 65.6 Å². The van der Waals surface area contributed by atoms with Crippen LogP contribution >= 0.6 is 11.6 Å². The average Bonchev–Trinajstić information content (AvgIpc) is 2.70. The van der Waals surface area contributed by atoms with Crippen molar-refractivity contribution in [2.75, 3.05) is 17.9 Å². The molecule has 168 valence electrons. The fraction of sp³-hybridized carbons (Fsp3) is 0.208. The van der Waals surface area contributed by atoms with Crippen molar-refractivity contribution in [3.8, 4) is 5.75 Å². The molecule has 32 heavy (non-hydrogen) atoms. The summed E-state index contributed by atoms with van der Waals surface area (Å²) in [6.07, 6.45) is 0. The van der Waals surface area contributed by atoms with E-state index in [-0.39, 0.29) is 28.6 Å². The van der Waals surface area contributed by atoms with Gasteiger partial charge in [0.15, 0.2) is 0 Å². The Bertz CT molecular complexity index is 1220. The lowest BCUT2D eigenvalue weighted by Gasteiger charge is -2.12. The van der Waals surface area contributed by atoms with E-state index in [1.807, 2.05) is 39.0 Å². The Morgan fingerprint density at radius 2 is 1.66 bits per heavy atom. The van der Waals surface area contributed by atoms with Crippen LogP contribution in [0.2, 0.25) is 5.02 Å². The molecule has 0 saturated heterocycles. The molecule has 2 N–H and O–H groups in total. The quantitative estimate of drug-likeness (QED) is 0.458. The normalized spacial score (nSPS) is 11.1. The number of anilines is 1. The molecular formula is C24H25ClN2O4S. The van der Waals surface area contributed by atoms with Gasteiger partial charge in [0, 0.05) is 11.3 Å². The number of carbonyl (C=O) groups is 1. The van der Waals surface area contributed by atoms with Crippen LogP contribution in [-0.4, -0.2) is 27.5 Å². The molecule has 0 spiro atoms. The molecular weight excluding hydrogens is 448 g/mol. The van der Waals surface area contributed by atoms with E-state index in [2.05, 4.69) is 16.1 Å². The van der Waals surface area contributed by atoms with Gasteiger partial charge >= 0.3 is 0 Å². The second-order valence-electron chi connectivity index (χ2n) is 7.55. The molecule has 0 saturated carbocycles. The van der Waals surface area contributed by atoms with Crippen LogP contribution in [0.25, 0.3) is 0 Å². The Balaban J connectivity index is 1.65. The fourth-order valence-electron chi connectivity index (χ4n) is 3.22. The first-order valence-electron chi connectivity index (χ1n) is 10.0. The van der Waals surface area contributed by atoms with Gasteiger partial charge in [-0.1, -0.05) is 29.8 Å². The van der Waals surface area contributed by atoms with Gasteiger partial charge in [0.1, 0.15) is 17.3 Å². The van der Waals surface area contributed by atoms with E-state index < -0.39 is 15.9 Å². The van der Waals surface area contributed by atoms with E-state index >= 15 is 0 Å². The molecule has 0 aliphatic rings. The molecule has 3 rings (SSSR count). The zero-order chi connectivity index (χ0) is 23.3. The average molecular weight is 473 g/mol. The van der Waals surface area contributed by atoms with Crippen LogP contribution in [-0.2, 0) is 10.0 Å². The number of halogens is 1. The molecule has 3 aromatic rings. The monoisotopic (exact) mass is 472 g/mol. The molecule has 0 bridgehead atoms. The standard InChI is InChI=1S/C24H25ClN2O4S/c1-16-5-4-6-20(12-16)27-32(29,30)23-15-19(7-8-22(23)25)24(28)26-9-10-31-21-13-17(2)11-18(3)14-21/h4-8,11-15,27H,9-10H2,1-3H3,(H,26,28). The lowest BCUT2D eigenvalue weighted by Crippen LogP contribution is -2.28. The highest BCUT2D eigenvalue weighted by molar-refractivity contribution is 7.92. The van der Waals surface area contributed by atoms with Crippen molar-refractivity contribution in [1.29, 1.82) is 0 Å². The first-order valence-corrected chi connectivity index (χ1v) is 11.9. The number of nitrogens with one attached hydrogen (secondary N) is 2. The zero-order valence-corrected chi connectivity index (χ0v) is 19.7. The minimum absolute atomic E-state index is 0.0276. The van der Waals surface area contributed by atoms with Crippen molar-refractivity contribution in [3.63, 3.8) is 0 Å². The van der Waals surface area contributed by atoms with Crippen molar-refractivity contribution < 1.29 is 17.9 Å². The highest BCUT2D eigenvalue weighted by atomic mass is 35.5. The van der Waals surface area contributed by atoms with E-state index in [4.69, 9.17) is 16.3 Å². The van der Waals surface area contributed by atoms with Gasteiger partial charge in [-0.05, 0) is 79.9 Å². The predicted octanol–water partition coefficient (Wildman–Crippen LogP) is 4.87. The van der Waals surface area contributed by atoms with Crippen LogP contribution in [0.3, 0.4) is 0 Å². The summed E-state index contributed by atoms with van der Waals surface area (Å²) in [4.78, 5) is 12.4. The van der Waals surface area contributed by atoms with Crippen molar-refractivity contribution >= 4 is 33.2 Å². The summed E-state index contributed by atoms with van der Waals surface area (Å²) >= 11 is 6.13. The number of benzene rings is 3. The number of amides is 1. The summed E-state index contributed by atoms with van der Waals surface area (Å²) in [5, 5.41) is 2.76. The summed E-state index contributed by atoms with van der Waals surface area (Å²) in [6.45, 7) is 6.38. The van der Waals surface area contributed by atoms with Crippen LogP contribution in [0, 0.1) is 20.8 Å². The fourth-order valence-corrected chi connectivity index (χ4v) is 4.80. The molecule has 8 heteroatoms. The van der Waals surface area contributed by atoms with Gasteiger partial charge in [-0.25, -0.2) is 8.42 Å². The summed E-state index contributed by atoms with van der Waals surface area (Å²) in [6, 6.07) is 17.0. The largest absolute Gasteiger partial charge is 0.492 e. The Hall–Kier alpha value is -3.03. The maximum absolute atomic E-state index is 12.8. The molecule has 0 aliphatic heterocycles. The molecule has 3 aromatic carbocycles. The summed E-state index contributed by atoms with van der Waals surface area (Å²) in [5.74, 6) is 0.316. The molecule has 6 nitrogen and oxygen atoms in total. The minimum atomic E-state index is -3.97. The number of aryl methyl sites for hydroxylation is 3. The van der Waals surface area contributed by atoms with Crippen molar-refractivity contribution in [2.45, 2.75) is 25.7 Å². The van der Waals surface area contributed by atoms with Crippen LogP contribution in [0.5, 0.6) is 5.75 Å². The van der Waals surface area contributed by atoms with Crippen LogP contribution in [0.1, 0.15) is 27.0 Å². The van der Waals surface area contributed by atoms with E-state index in [0.29, 0.717) is 5.69 Å². The molecule has 0 radical (unpaired) electrons. The van der Waals surface area contributed by atoms with E-state index in [1.165, 1.54) is 18.2 Å². The molecule has 0 aromatic heterocycles. The summed E-state index contributed by atoms with van der Waals surface area (Å²) < 4.78 is 33.9. The van der Waals surface area contributed by atoms with E-state index in [0.717, 1.165) is 22.4 Å². The number of ether oxygens (including phenoxy) is 1. The number of rotatable bonds is 8. The maximum Gasteiger partial charge on any atom is 0.263 e. The van der Waals surface area contributed by atoms with E-state index in [1.54, 1.807) is 18.2 Å². The predicted molar refractivity (Wildman–Crippen MR) is 127 cm³/mol. The number of hydrogen-bond acceptors (Lipinski definition) is 4. The SMILES string of the molecule is Cc1cccc(NS(=O)(=O)c2cc(C(=O)NCCOc3cc(C)cc(C)c3)ccc2Cl)c1. The third-order valence-corrected chi connectivity index (χ3v) is 6.47. The van der Waals surface area contributed by atoms with Gasteiger partial charge in [0.25, 0.3) is 15.9 Å². The number of carbonyl (C=O) groups excluding carboxylic acids is 1. The third kappa shape index (κ3) is 6.24. The number of hydrogen-bond donors (Lipinski definition) is 2. The second-order valence-corrected chi connectivity index (χ2v) is 9.61. The van der Waals surface area contributed by atoms with Gasteiger partial charge < -0.3 is 10.1 Å². The first kappa shape index (κ1) is 23.6. The summed E-state index contributed by atoms with van der Waals surface area (Å²) in [5.41, 5.74) is 3.70. The van der Waals surface area contributed by atoms with Gasteiger partial charge in [0.05, 0.1) is 11.6 Å². The van der Waals surface area contributed by atoms with Gasteiger partial charge in [-0.2, -0.15) is 0 Å². The second kappa shape index (κ2) is 10.1. The number of sulfonamides is 1. The van der Waals surface area contributed by atoms with Crippen molar-refractivity contribution in [3.05, 3.63) is 87.9 Å². The van der Waals surface area contributed by atoms with Gasteiger partial charge in [-0.3, -0.25) is 9.52 Å². The highest BCUT2D eigenvalue weighted by Gasteiger charge is 2.20. The molecule has 0 atom stereocenters. The van der Waals surface area contributed by atoms with Crippen molar-refractivity contribution in [2.24, 2.45) is 0 Å². The molecule has 0 fully saturated rings. The van der Waals surface area contributed by atoms with Crippen LogP contribution < -0.4 is 14.8 Å². The Morgan fingerprint density at radius 3 is 2.34 bits per heavy atom. The molecule has 0 heterocycles. The Morgan fingerprint density at radius 1 is 0.938 bits per heavy atom. The first-order chi connectivity index (χ1) is 15.1. The van der Waals surface area contributed by atoms with Crippen LogP contribution in [0.4, 0.5) is 5.69 Å². The lowest BCUT2D eigenvalue weighted by atomic mass is 10.1. The van der Waals surface area contributed by atoms with Gasteiger partial charge in [-0.15, -0.1) is 0 Å². The lowest BCUT2D eigenvalue weighted by molar-refractivity contribution is 0.0946. The highest BCUT2D eigenvalue weighted by Crippen LogP contribution is 2.25. The smallest absolute Gasteiger partial charge is 0.263 e. The Labute approximate surface area is 193 Å². The molecule has 0 aliphatic carbocycles. The third-order valence-electron chi connectivity index (χ3n) is 4.60. The van der Waals surface area contributed by atoms with E-state index in [9.17, 15) is 13.2 Å². The Kier molecular flexibility index (Phi) is 7.43. The zero-order valence-electron chi connectivity index (χ0n) is 18.1.